The maximum Gasteiger partial charge on any atom is 0.352 e. The lowest BCUT2D eigenvalue weighted by Gasteiger charge is -2.07. The van der Waals surface area contributed by atoms with Gasteiger partial charge in [0.15, 0.2) is 0 Å². The van der Waals surface area contributed by atoms with Crippen molar-refractivity contribution in [3.05, 3.63) is 11.8 Å². The highest BCUT2D eigenvalue weighted by Gasteiger charge is 2.50. The number of unbranched alkanes of at least 4 members (excludes halogenated alkanes) is 7. The quantitative estimate of drug-likeness (QED) is 0.443. The van der Waals surface area contributed by atoms with Crippen LogP contribution in [0.5, 0.6) is 0 Å². The molecule has 1 atom stereocenters. The Bertz CT molecular complexity index is 413. The molecule has 2 N–H and O–H groups in total. The highest BCUT2D eigenvalue weighted by Crippen LogP contribution is 2.51. The second-order valence-corrected chi connectivity index (χ2v) is 7.07. The maximum atomic E-state index is 12.0. The molecule has 1 amide bonds. The molecule has 1 unspecified atom stereocenters. The number of hydrogen-bond acceptors (Lipinski definition) is 2. The average molecular weight is 309 g/mol. The molecule has 1 aliphatic carbocycles. The number of carboxylic acids is 1. The fraction of sp³-hybridized carbons (Fsp3) is 0.778. The fourth-order valence-electron chi connectivity index (χ4n) is 2.67. The molecule has 0 saturated heterocycles. The first-order valence-corrected chi connectivity index (χ1v) is 8.63. The molecule has 0 heterocycles. The van der Waals surface area contributed by atoms with E-state index in [2.05, 4.69) is 12.2 Å². The third kappa shape index (κ3) is 6.63. The number of nitrogens with one attached hydrogen (secondary N) is 1. The van der Waals surface area contributed by atoms with Crippen LogP contribution in [0.3, 0.4) is 0 Å². The van der Waals surface area contributed by atoms with Gasteiger partial charge in [0, 0.05) is 5.92 Å². The SMILES string of the molecule is CCCCCCCCC/C=C(\NC(=O)C1CC1(C)C)C(=O)O. The maximum absolute atomic E-state index is 12.0. The Morgan fingerprint density at radius 2 is 1.68 bits per heavy atom. The van der Waals surface area contributed by atoms with E-state index in [9.17, 15) is 14.7 Å². The van der Waals surface area contributed by atoms with Crippen LogP contribution in [-0.2, 0) is 9.59 Å². The Kier molecular flexibility index (Phi) is 7.63. The number of rotatable bonds is 11. The molecule has 1 aliphatic rings. The van der Waals surface area contributed by atoms with Crippen LogP contribution >= 0.6 is 0 Å². The molecular weight excluding hydrogens is 278 g/mol. The van der Waals surface area contributed by atoms with Crippen LogP contribution in [0.25, 0.3) is 0 Å². The summed E-state index contributed by atoms with van der Waals surface area (Å²) in [6, 6.07) is 0. The largest absolute Gasteiger partial charge is 0.477 e. The molecule has 1 saturated carbocycles. The monoisotopic (exact) mass is 309 g/mol. The lowest BCUT2D eigenvalue weighted by atomic mass is 10.1. The Balaban J connectivity index is 2.25. The molecule has 0 aromatic carbocycles. The topological polar surface area (TPSA) is 66.4 Å². The Hall–Kier alpha value is -1.32. The second kappa shape index (κ2) is 8.96. The van der Waals surface area contributed by atoms with Crippen LogP contribution in [0.4, 0.5) is 0 Å². The molecule has 0 radical (unpaired) electrons. The molecule has 0 aromatic heterocycles. The summed E-state index contributed by atoms with van der Waals surface area (Å²) in [5.41, 5.74) is 0.0605. The van der Waals surface area contributed by atoms with Gasteiger partial charge in [0.1, 0.15) is 5.70 Å². The van der Waals surface area contributed by atoms with Crippen molar-refractivity contribution in [2.24, 2.45) is 11.3 Å². The van der Waals surface area contributed by atoms with E-state index in [1.54, 1.807) is 6.08 Å². The van der Waals surface area contributed by atoms with Crippen molar-refractivity contribution < 1.29 is 14.7 Å². The first kappa shape index (κ1) is 18.7. The van der Waals surface area contributed by atoms with Crippen LogP contribution in [0.1, 0.15) is 78.6 Å². The van der Waals surface area contributed by atoms with Crippen molar-refractivity contribution in [1.29, 1.82) is 0 Å². The van der Waals surface area contributed by atoms with Crippen molar-refractivity contribution in [3.8, 4) is 0 Å². The normalized spacial score (nSPS) is 19.8. The average Bonchev–Trinajstić information content (AvgIpc) is 3.09. The predicted octanol–water partition coefficient (Wildman–Crippen LogP) is 4.26. The highest BCUT2D eigenvalue weighted by molar-refractivity contribution is 5.94. The van der Waals surface area contributed by atoms with E-state index in [0.717, 1.165) is 19.3 Å². The van der Waals surface area contributed by atoms with Gasteiger partial charge in [-0.05, 0) is 24.7 Å². The van der Waals surface area contributed by atoms with Crippen LogP contribution in [0, 0.1) is 11.3 Å². The summed E-state index contributed by atoms with van der Waals surface area (Å²) < 4.78 is 0. The Labute approximate surface area is 134 Å². The van der Waals surface area contributed by atoms with Gasteiger partial charge < -0.3 is 10.4 Å². The number of carboxylic acid groups (broad SMARTS) is 1. The lowest BCUT2D eigenvalue weighted by molar-refractivity contribution is -0.135. The number of hydrogen-bond donors (Lipinski definition) is 2. The van der Waals surface area contributed by atoms with Gasteiger partial charge in [-0.1, -0.05) is 65.4 Å². The van der Waals surface area contributed by atoms with Gasteiger partial charge >= 0.3 is 5.97 Å². The van der Waals surface area contributed by atoms with E-state index in [1.165, 1.54) is 32.1 Å². The summed E-state index contributed by atoms with van der Waals surface area (Å²) in [5.74, 6) is -1.25. The molecular formula is C18H31NO3. The van der Waals surface area contributed by atoms with Crippen molar-refractivity contribution in [2.75, 3.05) is 0 Å². The smallest absolute Gasteiger partial charge is 0.352 e. The minimum atomic E-state index is -1.05. The zero-order chi connectivity index (χ0) is 16.6. The predicted molar refractivity (Wildman–Crippen MR) is 88.4 cm³/mol. The Morgan fingerprint density at radius 3 is 2.18 bits per heavy atom. The zero-order valence-electron chi connectivity index (χ0n) is 14.3. The van der Waals surface area contributed by atoms with Gasteiger partial charge in [-0.15, -0.1) is 0 Å². The fourth-order valence-corrected chi connectivity index (χ4v) is 2.67. The first-order chi connectivity index (χ1) is 10.4. The molecule has 126 valence electrons. The molecule has 1 rings (SSSR count). The van der Waals surface area contributed by atoms with E-state index in [1.807, 2.05) is 13.8 Å². The minimum absolute atomic E-state index is 0.0200. The van der Waals surface area contributed by atoms with E-state index in [4.69, 9.17) is 0 Å². The molecule has 1 fully saturated rings. The number of aliphatic carboxylic acids is 1. The molecule has 0 aromatic rings. The van der Waals surface area contributed by atoms with Gasteiger partial charge in [-0.3, -0.25) is 4.79 Å². The first-order valence-electron chi connectivity index (χ1n) is 8.63. The van der Waals surface area contributed by atoms with Gasteiger partial charge in [-0.25, -0.2) is 4.79 Å². The number of allylic oxidation sites excluding steroid dienone is 1. The van der Waals surface area contributed by atoms with E-state index in [-0.39, 0.29) is 22.9 Å². The summed E-state index contributed by atoms with van der Waals surface area (Å²) in [4.78, 5) is 23.2. The van der Waals surface area contributed by atoms with Gasteiger partial charge in [0.25, 0.3) is 0 Å². The number of amides is 1. The minimum Gasteiger partial charge on any atom is -0.477 e. The van der Waals surface area contributed by atoms with Crippen molar-refractivity contribution >= 4 is 11.9 Å². The van der Waals surface area contributed by atoms with Crippen LogP contribution in [0.2, 0.25) is 0 Å². The molecule has 4 nitrogen and oxygen atoms in total. The van der Waals surface area contributed by atoms with Gasteiger partial charge in [0.2, 0.25) is 5.91 Å². The highest BCUT2D eigenvalue weighted by atomic mass is 16.4. The molecule has 0 bridgehead atoms. The summed E-state index contributed by atoms with van der Waals surface area (Å²) >= 11 is 0. The van der Waals surface area contributed by atoms with Crippen molar-refractivity contribution in [2.45, 2.75) is 78.6 Å². The Morgan fingerprint density at radius 1 is 1.14 bits per heavy atom. The van der Waals surface area contributed by atoms with Crippen LogP contribution in [0.15, 0.2) is 11.8 Å². The summed E-state index contributed by atoms with van der Waals surface area (Å²) in [5, 5.41) is 11.7. The third-order valence-electron chi connectivity index (χ3n) is 4.47. The van der Waals surface area contributed by atoms with Gasteiger partial charge in [0.05, 0.1) is 0 Å². The van der Waals surface area contributed by atoms with E-state index in [0.29, 0.717) is 6.42 Å². The number of carbonyl (C=O) groups excluding carboxylic acids is 1. The summed E-state index contributed by atoms with van der Waals surface area (Å²) in [6.07, 6.45) is 11.6. The third-order valence-corrected chi connectivity index (χ3v) is 4.47. The van der Waals surface area contributed by atoms with Crippen LogP contribution < -0.4 is 5.32 Å². The standard InChI is InChI=1S/C18H31NO3/c1-4-5-6-7-8-9-10-11-12-15(17(21)22)19-16(20)14-13-18(14,2)3/h12,14H,4-11,13H2,1-3H3,(H,19,20)(H,21,22)/b15-12-. The summed E-state index contributed by atoms with van der Waals surface area (Å²) in [7, 11) is 0. The molecule has 4 heteroatoms. The molecule has 0 spiro atoms. The zero-order valence-corrected chi connectivity index (χ0v) is 14.3. The van der Waals surface area contributed by atoms with Crippen LogP contribution in [-0.4, -0.2) is 17.0 Å². The lowest BCUT2D eigenvalue weighted by Crippen LogP contribution is -2.29. The van der Waals surface area contributed by atoms with Crippen molar-refractivity contribution in [3.63, 3.8) is 0 Å². The summed E-state index contributed by atoms with van der Waals surface area (Å²) in [6.45, 7) is 6.26. The van der Waals surface area contributed by atoms with Crippen molar-refractivity contribution in [1.82, 2.24) is 5.32 Å². The van der Waals surface area contributed by atoms with E-state index >= 15 is 0 Å². The molecule has 0 aliphatic heterocycles. The van der Waals surface area contributed by atoms with Gasteiger partial charge in [-0.2, -0.15) is 0 Å². The van der Waals surface area contributed by atoms with E-state index < -0.39 is 5.97 Å². The second-order valence-electron chi connectivity index (χ2n) is 7.07. The number of carbonyl (C=O) groups is 2. The molecule has 22 heavy (non-hydrogen) atoms.